The molecule has 0 radical (unpaired) electrons. The molecule has 0 atom stereocenters. The SMILES string of the molecule is O=C(COC(=O)/C=C/c1nc2ccccc2s1)Nc1ccc2c(c1)OCO2. The third-order valence-corrected chi connectivity index (χ3v) is 4.68. The van der Waals surface area contributed by atoms with Crippen LogP contribution in [0.3, 0.4) is 0 Å². The molecule has 1 aromatic heterocycles. The van der Waals surface area contributed by atoms with Crippen LogP contribution in [-0.2, 0) is 14.3 Å². The molecule has 27 heavy (non-hydrogen) atoms. The number of nitrogens with zero attached hydrogens (tertiary/aromatic N) is 1. The van der Waals surface area contributed by atoms with Crippen molar-refractivity contribution in [1.29, 1.82) is 0 Å². The number of hydrogen-bond acceptors (Lipinski definition) is 7. The van der Waals surface area contributed by atoms with Gasteiger partial charge in [0.1, 0.15) is 5.01 Å². The van der Waals surface area contributed by atoms with E-state index < -0.39 is 18.5 Å². The Morgan fingerprint density at radius 2 is 2.04 bits per heavy atom. The number of rotatable bonds is 5. The van der Waals surface area contributed by atoms with Gasteiger partial charge in [0.05, 0.1) is 10.2 Å². The number of carbonyl (C=O) groups is 2. The van der Waals surface area contributed by atoms with Crippen molar-refractivity contribution in [2.24, 2.45) is 0 Å². The van der Waals surface area contributed by atoms with E-state index in [4.69, 9.17) is 14.2 Å². The largest absolute Gasteiger partial charge is 0.454 e. The van der Waals surface area contributed by atoms with E-state index in [0.717, 1.165) is 10.2 Å². The summed E-state index contributed by atoms with van der Waals surface area (Å²) in [5.74, 6) is 0.119. The number of benzene rings is 2. The summed E-state index contributed by atoms with van der Waals surface area (Å²) in [6.07, 6.45) is 2.83. The number of esters is 1. The molecule has 0 saturated heterocycles. The molecule has 1 aliphatic heterocycles. The van der Waals surface area contributed by atoms with Gasteiger partial charge in [-0.3, -0.25) is 4.79 Å². The zero-order valence-electron chi connectivity index (χ0n) is 14.0. The van der Waals surface area contributed by atoms with Crippen LogP contribution in [0.5, 0.6) is 11.5 Å². The fourth-order valence-corrected chi connectivity index (χ4v) is 3.33. The molecule has 0 bridgehead atoms. The lowest BCUT2D eigenvalue weighted by Crippen LogP contribution is -2.20. The predicted octanol–water partition coefficient (Wildman–Crippen LogP) is 3.22. The number of hydrogen-bond donors (Lipinski definition) is 1. The van der Waals surface area contributed by atoms with Crippen LogP contribution in [0, 0.1) is 0 Å². The molecule has 3 aromatic rings. The molecule has 1 aliphatic rings. The molecule has 1 amide bonds. The highest BCUT2D eigenvalue weighted by molar-refractivity contribution is 7.19. The predicted molar refractivity (Wildman–Crippen MR) is 101 cm³/mol. The number of para-hydroxylation sites is 1. The topological polar surface area (TPSA) is 86.8 Å². The summed E-state index contributed by atoms with van der Waals surface area (Å²) in [5.41, 5.74) is 1.41. The fourth-order valence-electron chi connectivity index (χ4n) is 2.46. The van der Waals surface area contributed by atoms with E-state index in [1.165, 1.54) is 17.4 Å². The number of ether oxygens (including phenoxy) is 3. The van der Waals surface area contributed by atoms with Crippen LogP contribution >= 0.6 is 11.3 Å². The second-order valence-corrected chi connectivity index (χ2v) is 6.64. The molecule has 0 fully saturated rings. The molecular formula is C19H14N2O5S. The molecule has 8 heteroatoms. The Balaban J connectivity index is 1.28. The lowest BCUT2D eigenvalue weighted by Gasteiger charge is -2.06. The van der Waals surface area contributed by atoms with Crippen LogP contribution in [0.4, 0.5) is 5.69 Å². The van der Waals surface area contributed by atoms with Crippen LogP contribution in [0.2, 0.25) is 0 Å². The molecule has 4 rings (SSSR count). The summed E-state index contributed by atoms with van der Waals surface area (Å²) in [5, 5.41) is 3.32. The second-order valence-electron chi connectivity index (χ2n) is 5.58. The van der Waals surface area contributed by atoms with Gasteiger partial charge in [-0.05, 0) is 30.3 Å². The molecule has 0 saturated carbocycles. The van der Waals surface area contributed by atoms with E-state index in [0.29, 0.717) is 22.2 Å². The Bertz CT molecular complexity index is 1010. The maximum absolute atomic E-state index is 11.9. The van der Waals surface area contributed by atoms with E-state index in [1.54, 1.807) is 24.3 Å². The van der Waals surface area contributed by atoms with Crippen molar-refractivity contribution >= 4 is 45.2 Å². The third kappa shape index (κ3) is 4.06. The van der Waals surface area contributed by atoms with Crippen molar-refractivity contribution < 1.29 is 23.8 Å². The van der Waals surface area contributed by atoms with Crippen LogP contribution in [0.15, 0.2) is 48.5 Å². The van der Waals surface area contributed by atoms with Gasteiger partial charge in [0.25, 0.3) is 5.91 Å². The van der Waals surface area contributed by atoms with Crippen molar-refractivity contribution in [3.05, 3.63) is 53.5 Å². The number of fused-ring (bicyclic) bond motifs is 2. The zero-order chi connectivity index (χ0) is 18.6. The van der Waals surface area contributed by atoms with Crippen molar-refractivity contribution in [2.75, 3.05) is 18.7 Å². The van der Waals surface area contributed by atoms with E-state index in [9.17, 15) is 9.59 Å². The van der Waals surface area contributed by atoms with Crippen molar-refractivity contribution in [1.82, 2.24) is 4.98 Å². The molecular weight excluding hydrogens is 368 g/mol. The van der Waals surface area contributed by atoms with Gasteiger partial charge in [-0.1, -0.05) is 12.1 Å². The quantitative estimate of drug-likeness (QED) is 0.539. The van der Waals surface area contributed by atoms with Gasteiger partial charge in [-0.15, -0.1) is 11.3 Å². The van der Waals surface area contributed by atoms with Crippen LogP contribution in [-0.4, -0.2) is 30.3 Å². The van der Waals surface area contributed by atoms with Crippen LogP contribution < -0.4 is 14.8 Å². The molecule has 2 aromatic carbocycles. The molecule has 136 valence electrons. The monoisotopic (exact) mass is 382 g/mol. The van der Waals surface area contributed by atoms with Gasteiger partial charge >= 0.3 is 5.97 Å². The number of aromatic nitrogens is 1. The molecule has 0 spiro atoms. The van der Waals surface area contributed by atoms with E-state index in [-0.39, 0.29) is 6.79 Å². The summed E-state index contributed by atoms with van der Waals surface area (Å²) in [7, 11) is 0. The van der Waals surface area contributed by atoms with Gasteiger partial charge in [0, 0.05) is 17.8 Å². The average molecular weight is 382 g/mol. The van der Waals surface area contributed by atoms with Crippen LogP contribution in [0.25, 0.3) is 16.3 Å². The zero-order valence-corrected chi connectivity index (χ0v) is 14.8. The normalized spacial score (nSPS) is 12.4. The lowest BCUT2D eigenvalue weighted by atomic mass is 10.3. The molecule has 0 aliphatic carbocycles. The Hall–Kier alpha value is -3.39. The van der Waals surface area contributed by atoms with Crippen molar-refractivity contribution in [3.8, 4) is 11.5 Å². The fraction of sp³-hybridized carbons (Fsp3) is 0.105. The lowest BCUT2D eigenvalue weighted by molar-refractivity contribution is -0.142. The first-order valence-corrected chi connectivity index (χ1v) is 8.89. The highest BCUT2D eigenvalue weighted by Crippen LogP contribution is 2.34. The molecule has 1 N–H and O–H groups in total. The number of amides is 1. The maximum atomic E-state index is 11.9. The standard InChI is InChI=1S/C19H14N2O5S/c22-17(20-12-5-6-14-15(9-12)26-11-25-14)10-24-19(23)8-7-18-21-13-3-1-2-4-16(13)27-18/h1-9H,10-11H2,(H,20,22)/b8-7+. The third-order valence-electron chi connectivity index (χ3n) is 3.67. The van der Waals surface area contributed by atoms with Gasteiger partial charge in [-0.2, -0.15) is 0 Å². The van der Waals surface area contributed by atoms with E-state index in [1.807, 2.05) is 24.3 Å². The minimum Gasteiger partial charge on any atom is -0.454 e. The first-order valence-electron chi connectivity index (χ1n) is 8.07. The minimum atomic E-state index is -0.616. The average Bonchev–Trinajstić information content (AvgIpc) is 3.30. The van der Waals surface area contributed by atoms with Crippen molar-refractivity contribution in [2.45, 2.75) is 0 Å². The minimum absolute atomic E-state index is 0.158. The Morgan fingerprint density at radius 3 is 2.93 bits per heavy atom. The highest BCUT2D eigenvalue weighted by Gasteiger charge is 2.14. The number of thiazole rings is 1. The van der Waals surface area contributed by atoms with E-state index >= 15 is 0 Å². The highest BCUT2D eigenvalue weighted by atomic mass is 32.1. The maximum Gasteiger partial charge on any atom is 0.331 e. The Kier molecular flexibility index (Phi) is 4.71. The Morgan fingerprint density at radius 1 is 1.19 bits per heavy atom. The first kappa shape index (κ1) is 17.0. The number of anilines is 1. The van der Waals surface area contributed by atoms with Gasteiger partial charge in [-0.25, -0.2) is 9.78 Å². The molecule has 2 heterocycles. The number of nitrogens with one attached hydrogen (secondary N) is 1. The summed E-state index contributed by atoms with van der Waals surface area (Å²) in [4.78, 5) is 28.1. The summed E-state index contributed by atoms with van der Waals surface area (Å²) >= 11 is 1.47. The summed E-state index contributed by atoms with van der Waals surface area (Å²) in [6, 6.07) is 12.7. The first-order chi connectivity index (χ1) is 13.2. The summed E-state index contributed by atoms with van der Waals surface area (Å²) < 4.78 is 16.4. The van der Waals surface area contributed by atoms with Gasteiger partial charge in [0.15, 0.2) is 18.1 Å². The van der Waals surface area contributed by atoms with Gasteiger partial charge < -0.3 is 19.5 Å². The van der Waals surface area contributed by atoms with Crippen LogP contribution in [0.1, 0.15) is 5.01 Å². The summed E-state index contributed by atoms with van der Waals surface area (Å²) in [6.45, 7) is -0.233. The van der Waals surface area contributed by atoms with Crippen molar-refractivity contribution in [3.63, 3.8) is 0 Å². The number of carbonyl (C=O) groups excluding carboxylic acids is 2. The smallest absolute Gasteiger partial charge is 0.331 e. The molecule has 0 unspecified atom stereocenters. The molecule has 7 nitrogen and oxygen atoms in total. The Labute approximate surface area is 158 Å². The van der Waals surface area contributed by atoms with E-state index in [2.05, 4.69) is 10.3 Å². The van der Waals surface area contributed by atoms with Gasteiger partial charge in [0.2, 0.25) is 6.79 Å². The second kappa shape index (κ2) is 7.46.